The smallest absolute Gasteiger partial charge is 0.267 e. The highest BCUT2D eigenvalue weighted by Gasteiger charge is 2.05. The van der Waals surface area contributed by atoms with Gasteiger partial charge >= 0.3 is 0 Å². The molecule has 0 saturated carbocycles. The zero-order valence-corrected chi connectivity index (χ0v) is 11.6. The second-order valence-electron chi connectivity index (χ2n) is 4.55. The lowest BCUT2D eigenvalue weighted by Crippen LogP contribution is -2.23. The Kier molecular flexibility index (Phi) is 4.85. The third kappa shape index (κ3) is 4.01. The molecule has 0 unspecified atom stereocenters. The fourth-order valence-electron chi connectivity index (χ4n) is 1.84. The van der Waals surface area contributed by atoms with Crippen molar-refractivity contribution in [2.45, 2.75) is 19.9 Å². The van der Waals surface area contributed by atoms with Crippen molar-refractivity contribution in [2.75, 3.05) is 6.61 Å². The summed E-state index contributed by atoms with van der Waals surface area (Å²) in [5.41, 5.74) is 1.71. The van der Waals surface area contributed by atoms with Crippen molar-refractivity contribution in [1.29, 1.82) is 0 Å². The van der Waals surface area contributed by atoms with Crippen LogP contribution in [-0.2, 0) is 6.54 Å². The van der Waals surface area contributed by atoms with E-state index in [-0.39, 0.29) is 18.7 Å². The van der Waals surface area contributed by atoms with Crippen LogP contribution in [0.5, 0.6) is 0 Å². The topological polar surface area (TPSA) is 55.1 Å². The molecule has 0 fully saturated rings. The summed E-state index contributed by atoms with van der Waals surface area (Å²) in [6.07, 6.45) is 0.318. The molecule has 21 heavy (non-hydrogen) atoms. The highest BCUT2D eigenvalue weighted by molar-refractivity contribution is 5.41. The third-order valence-corrected chi connectivity index (χ3v) is 2.85. The Morgan fingerprint density at radius 2 is 2.14 bits per heavy atom. The minimum absolute atomic E-state index is 0.0451. The van der Waals surface area contributed by atoms with E-state index in [4.69, 9.17) is 5.11 Å². The molecule has 1 aromatic heterocycles. The van der Waals surface area contributed by atoms with Gasteiger partial charge in [-0.05, 0) is 30.7 Å². The maximum atomic E-state index is 13.3. The van der Waals surface area contributed by atoms with Crippen LogP contribution in [0.2, 0.25) is 0 Å². The van der Waals surface area contributed by atoms with Crippen molar-refractivity contribution in [3.63, 3.8) is 0 Å². The van der Waals surface area contributed by atoms with Crippen LogP contribution in [0.3, 0.4) is 0 Å². The van der Waals surface area contributed by atoms with Crippen molar-refractivity contribution in [3.05, 3.63) is 63.3 Å². The minimum Gasteiger partial charge on any atom is -0.395 e. The molecule has 0 aliphatic heterocycles. The predicted molar refractivity (Wildman–Crippen MR) is 77.3 cm³/mol. The van der Waals surface area contributed by atoms with Gasteiger partial charge in [-0.15, -0.1) is 0 Å². The lowest BCUT2D eigenvalue weighted by atomic mass is 10.1. The first-order valence-electron chi connectivity index (χ1n) is 6.53. The maximum Gasteiger partial charge on any atom is 0.267 e. The molecule has 5 heteroatoms. The number of rotatable bonds is 3. The van der Waals surface area contributed by atoms with Gasteiger partial charge in [-0.1, -0.05) is 17.9 Å². The first-order chi connectivity index (χ1) is 10.1. The van der Waals surface area contributed by atoms with E-state index in [1.54, 1.807) is 19.1 Å². The molecule has 0 atom stereocenters. The second kappa shape index (κ2) is 6.82. The summed E-state index contributed by atoms with van der Waals surface area (Å²) in [5.74, 6) is 5.18. The van der Waals surface area contributed by atoms with Crippen molar-refractivity contribution in [3.8, 4) is 11.8 Å². The molecular formula is C16H15FN2O2. The van der Waals surface area contributed by atoms with E-state index in [9.17, 15) is 9.18 Å². The molecule has 0 saturated heterocycles. The normalized spacial score (nSPS) is 10.0. The SMILES string of the molecule is Cc1ccc(=O)n(Cc2ccc(F)cc2C#CCCO)n1. The molecule has 0 bridgehead atoms. The average Bonchev–Trinajstić information content (AvgIpc) is 2.46. The molecule has 1 aromatic carbocycles. The van der Waals surface area contributed by atoms with Crippen LogP contribution in [0, 0.1) is 24.6 Å². The number of hydrogen-bond donors (Lipinski definition) is 1. The number of aryl methyl sites for hydroxylation is 1. The van der Waals surface area contributed by atoms with E-state index < -0.39 is 5.82 Å². The summed E-state index contributed by atoms with van der Waals surface area (Å²) in [6, 6.07) is 7.33. The van der Waals surface area contributed by atoms with Crippen molar-refractivity contribution in [2.24, 2.45) is 0 Å². The summed E-state index contributed by atoms with van der Waals surface area (Å²) in [5, 5.41) is 12.9. The van der Waals surface area contributed by atoms with Crippen LogP contribution in [0.25, 0.3) is 0 Å². The van der Waals surface area contributed by atoms with Gasteiger partial charge in [0.2, 0.25) is 0 Å². The summed E-state index contributed by atoms with van der Waals surface area (Å²) >= 11 is 0. The van der Waals surface area contributed by atoms with Crippen molar-refractivity contribution >= 4 is 0 Å². The molecule has 1 heterocycles. The molecule has 0 amide bonds. The van der Waals surface area contributed by atoms with E-state index >= 15 is 0 Å². The average molecular weight is 286 g/mol. The molecular weight excluding hydrogens is 271 g/mol. The Labute approximate surface area is 121 Å². The van der Waals surface area contributed by atoms with Gasteiger partial charge in [0.15, 0.2) is 0 Å². The zero-order valence-electron chi connectivity index (χ0n) is 11.6. The molecule has 2 rings (SSSR count). The van der Waals surface area contributed by atoms with Gasteiger partial charge in [0, 0.05) is 18.1 Å². The van der Waals surface area contributed by atoms with Crippen LogP contribution in [0.1, 0.15) is 23.2 Å². The quantitative estimate of drug-likeness (QED) is 0.869. The van der Waals surface area contributed by atoms with Gasteiger partial charge in [0.1, 0.15) is 5.82 Å². The largest absolute Gasteiger partial charge is 0.395 e. The molecule has 108 valence electrons. The molecule has 0 radical (unpaired) electrons. The van der Waals surface area contributed by atoms with Crippen LogP contribution in [-0.4, -0.2) is 21.5 Å². The van der Waals surface area contributed by atoms with Crippen molar-refractivity contribution < 1.29 is 9.50 Å². The van der Waals surface area contributed by atoms with E-state index in [1.807, 2.05) is 0 Å². The number of nitrogens with zero attached hydrogens (tertiary/aromatic N) is 2. The van der Waals surface area contributed by atoms with E-state index in [0.29, 0.717) is 17.5 Å². The number of aromatic nitrogens is 2. The minimum atomic E-state index is -0.392. The first kappa shape index (κ1) is 14.9. The molecule has 1 N–H and O–H groups in total. The number of hydrogen-bond acceptors (Lipinski definition) is 3. The standard InChI is InChI=1S/C16H15FN2O2/c1-12-5-8-16(21)19(18-12)11-14-6-7-15(17)10-13(14)4-2-3-9-20/h5-8,10,20H,3,9,11H2,1H3. The van der Waals surface area contributed by atoms with Gasteiger partial charge in [-0.2, -0.15) is 5.10 Å². The number of aliphatic hydroxyl groups excluding tert-OH is 1. The van der Waals surface area contributed by atoms with Crippen LogP contribution >= 0.6 is 0 Å². The number of aliphatic hydroxyl groups is 1. The molecule has 0 aliphatic rings. The lowest BCUT2D eigenvalue weighted by Gasteiger charge is -2.07. The summed E-state index contributed by atoms with van der Waals surface area (Å²) in [6.45, 7) is 1.98. The summed E-state index contributed by atoms with van der Waals surface area (Å²) in [4.78, 5) is 11.8. The van der Waals surface area contributed by atoms with E-state index in [0.717, 1.165) is 5.69 Å². The highest BCUT2D eigenvalue weighted by Crippen LogP contribution is 2.11. The van der Waals surface area contributed by atoms with Crippen LogP contribution < -0.4 is 5.56 Å². The van der Waals surface area contributed by atoms with Crippen LogP contribution in [0.15, 0.2) is 35.1 Å². The highest BCUT2D eigenvalue weighted by atomic mass is 19.1. The molecule has 4 nitrogen and oxygen atoms in total. The first-order valence-corrected chi connectivity index (χ1v) is 6.53. The predicted octanol–water partition coefficient (Wildman–Crippen LogP) is 1.47. The van der Waals surface area contributed by atoms with Gasteiger partial charge in [0.05, 0.1) is 18.8 Å². The number of benzene rings is 1. The second-order valence-corrected chi connectivity index (χ2v) is 4.55. The maximum absolute atomic E-state index is 13.3. The Balaban J connectivity index is 2.38. The Bertz CT molecular complexity index is 757. The van der Waals surface area contributed by atoms with Gasteiger partial charge in [-0.3, -0.25) is 4.79 Å². The molecule has 2 aromatic rings. The van der Waals surface area contributed by atoms with Crippen molar-refractivity contribution in [1.82, 2.24) is 9.78 Å². The number of halogens is 1. The zero-order chi connectivity index (χ0) is 15.2. The van der Waals surface area contributed by atoms with Gasteiger partial charge in [0.25, 0.3) is 5.56 Å². The van der Waals surface area contributed by atoms with Gasteiger partial charge in [-0.25, -0.2) is 9.07 Å². The van der Waals surface area contributed by atoms with E-state index in [1.165, 1.54) is 22.9 Å². The van der Waals surface area contributed by atoms with Crippen LogP contribution in [0.4, 0.5) is 4.39 Å². The molecule has 0 spiro atoms. The van der Waals surface area contributed by atoms with E-state index in [2.05, 4.69) is 16.9 Å². The fourth-order valence-corrected chi connectivity index (χ4v) is 1.84. The summed E-state index contributed by atoms with van der Waals surface area (Å²) < 4.78 is 14.7. The summed E-state index contributed by atoms with van der Waals surface area (Å²) in [7, 11) is 0. The molecule has 0 aliphatic carbocycles. The lowest BCUT2D eigenvalue weighted by molar-refractivity contribution is 0.305. The van der Waals surface area contributed by atoms with Gasteiger partial charge < -0.3 is 5.11 Å². The Hall–Kier alpha value is -2.45. The Morgan fingerprint density at radius 3 is 2.90 bits per heavy atom. The third-order valence-electron chi connectivity index (χ3n) is 2.85. The monoisotopic (exact) mass is 286 g/mol. The Morgan fingerprint density at radius 1 is 1.33 bits per heavy atom. The fraction of sp³-hybridized carbons (Fsp3) is 0.250.